The van der Waals surface area contributed by atoms with E-state index in [1.807, 2.05) is 63.2 Å². The van der Waals surface area contributed by atoms with Crippen molar-refractivity contribution in [2.24, 2.45) is 4.99 Å². The summed E-state index contributed by atoms with van der Waals surface area (Å²) >= 11 is 0. The second-order valence-corrected chi connectivity index (χ2v) is 5.55. The van der Waals surface area contributed by atoms with Crippen molar-refractivity contribution < 1.29 is 9.53 Å². The first-order valence-electron chi connectivity index (χ1n) is 7.20. The van der Waals surface area contributed by atoms with Gasteiger partial charge in [0.1, 0.15) is 0 Å². The topological polar surface area (TPSA) is 38.7 Å². The van der Waals surface area contributed by atoms with Crippen LogP contribution in [0.5, 0.6) is 0 Å². The minimum atomic E-state index is -0.409. The molecule has 110 valence electrons. The molecule has 0 atom stereocenters. The number of rotatable bonds is 2. The Balaban J connectivity index is 1.94. The number of benzene rings is 2. The van der Waals surface area contributed by atoms with Gasteiger partial charge in [-0.2, -0.15) is 0 Å². The summed E-state index contributed by atoms with van der Waals surface area (Å²) in [5, 5.41) is 0. The highest BCUT2D eigenvalue weighted by molar-refractivity contribution is 6.12. The molecule has 2 aromatic rings. The number of hydrogen-bond donors (Lipinski definition) is 0. The van der Waals surface area contributed by atoms with Crippen LogP contribution < -0.4 is 0 Å². The van der Waals surface area contributed by atoms with Crippen molar-refractivity contribution in [2.45, 2.75) is 20.8 Å². The molecule has 0 saturated heterocycles. The molecule has 0 radical (unpaired) electrons. The molecule has 1 aliphatic rings. The number of ether oxygens (including phenoxy) is 1. The van der Waals surface area contributed by atoms with Crippen LogP contribution in [0.2, 0.25) is 0 Å². The van der Waals surface area contributed by atoms with Crippen molar-refractivity contribution >= 4 is 17.9 Å². The third kappa shape index (κ3) is 2.84. The molecule has 0 unspecified atom stereocenters. The lowest BCUT2D eigenvalue weighted by Crippen LogP contribution is -2.05. The van der Waals surface area contributed by atoms with Gasteiger partial charge in [0.05, 0.1) is 0 Å². The van der Waals surface area contributed by atoms with Gasteiger partial charge < -0.3 is 4.74 Å². The number of carbonyl (C=O) groups excluding carboxylic acids is 1. The zero-order valence-corrected chi connectivity index (χ0v) is 12.9. The highest BCUT2D eigenvalue weighted by Gasteiger charge is 2.24. The van der Waals surface area contributed by atoms with E-state index in [0.29, 0.717) is 11.6 Å². The molecular weight excluding hydrogens is 274 g/mol. The van der Waals surface area contributed by atoms with E-state index in [4.69, 9.17) is 4.74 Å². The summed E-state index contributed by atoms with van der Waals surface area (Å²) in [6.07, 6.45) is 1.75. The lowest BCUT2D eigenvalue weighted by atomic mass is 10.1. The Morgan fingerprint density at radius 2 is 1.68 bits per heavy atom. The summed E-state index contributed by atoms with van der Waals surface area (Å²) in [6.45, 7) is 6.10. The summed E-state index contributed by atoms with van der Waals surface area (Å²) in [5.74, 6) is -0.0414. The number of esters is 1. The maximum Gasteiger partial charge on any atom is 0.363 e. The molecule has 0 amide bonds. The molecule has 0 aliphatic carbocycles. The average molecular weight is 291 g/mol. The molecule has 1 aliphatic heterocycles. The third-order valence-electron chi connectivity index (χ3n) is 3.76. The Kier molecular flexibility index (Phi) is 3.63. The van der Waals surface area contributed by atoms with Crippen LogP contribution in [-0.2, 0) is 9.53 Å². The van der Waals surface area contributed by atoms with Crippen LogP contribution in [-0.4, -0.2) is 11.9 Å². The highest BCUT2D eigenvalue weighted by Crippen LogP contribution is 2.20. The number of aryl methyl sites for hydroxylation is 3. The Labute approximate surface area is 130 Å². The molecule has 0 bridgehead atoms. The van der Waals surface area contributed by atoms with Gasteiger partial charge in [-0.3, -0.25) is 0 Å². The van der Waals surface area contributed by atoms with Crippen LogP contribution in [0, 0.1) is 20.8 Å². The van der Waals surface area contributed by atoms with E-state index in [1.165, 1.54) is 11.1 Å². The van der Waals surface area contributed by atoms with Crippen molar-refractivity contribution in [3.05, 3.63) is 76.0 Å². The van der Waals surface area contributed by atoms with Crippen LogP contribution >= 0.6 is 0 Å². The van der Waals surface area contributed by atoms with E-state index in [2.05, 4.69) is 4.99 Å². The fourth-order valence-electron chi connectivity index (χ4n) is 2.23. The predicted molar refractivity (Wildman–Crippen MR) is 87.7 cm³/mol. The van der Waals surface area contributed by atoms with Crippen molar-refractivity contribution in [2.75, 3.05) is 0 Å². The molecule has 3 rings (SSSR count). The lowest BCUT2D eigenvalue weighted by Gasteiger charge is -2.03. The van der Waals surface area contributed by atoms with Gasteiger partial charge >= 0.3 is 5.97 Å². The quantitative estimate of drug-likeness (QED) is 0.620. The van der Waals surface area contributed by atoms with Gasteiger partial charge in [-0.15, -0.1) is 0 Å². The summed E-state index contributed by atoms with van der Waals surface area (Å²) in [4.78, 5) is 16.3. The van der Waals surface area contributed by atoms with Crippen molar-refractivity contribution in [3.63, 3.8) is 0 Å². The predicted octanol–water partition coefficient (Wildman–Crippen LogP) is 3.96. The second-order valence-electron chi connectivity index (χ2n) is 5.55. The molecule has 3 heteroatoms. The van der Waals surface area contributed by atoms with Gasteiger partial charge in [0.15, 0.2) is 5.70 Å². The SMILES string of the molecule is Cc1ccc(C=C2N=C(c3ccc(C)c(C)c3)OC2=O)cc1. The normalized spacial score (nSPS) is 15.9. The van der Waals surface area contributed by atoms with Gasteiger partial charge in [0.25, 0.3) is 0 Å². The fraction of sp³-hybridized carbons (Fsp3) is 0.158. The minimum Gasteiger partial charge on any atom is -0.402 e. The first-order valence-corrected chi connectivity index (χ1v) is 7.20. The Hall–Kier alpha value is -2.68. The van der Waals surface area contributed by atoms with E-state index >= 15 is 0 Å². The molecular formula is C19H17NO2. The molecule has 0 saturated carbocycles. The first kappa shape index (κ1) is 14.3. The standard InChI is InChI=1S/C19H17NO2/c1-12-4-7-15(8-5-12)11-17-19(21)22-18(20-17)16-9-6-13(2)14(3)10-16/h4-11H,1-3H3. The van der Waals surface area contributed by atoms with E-state index < -0.39 is 5.97 Å². The third-order valence-corrected chi connectivity index (χ3v) is 3.76. The van der Waals surface area contributed by atoms with Crippen molar-refractivity contribution in [3.8, 4) is 0 Å². The summed E-state index contributed by atoms with van der Waals surface area (Å²) in [7, 11) is 0. The first-order chi connectivity index (χ1) is 10.5. The van der Waals surface area contributed by atoms with Gasteiger partial charge in [0.2, 0.25) is 5.90 Å². The zero-order chi connectivity index (χ0) is 15.7. The van der Waals surface area contributed by atoms with Crippen molar-refractivity contribution in [1.29, 1.82) is 0 Å². The number of nitrogens with zero attached hydrogens (tertiary/aromatic N) is 1. The van der Waals surface area contributed by atoms with Crippen LogP contribution in [0.1, 0.15) is 27.8 Å². The smallest absolute Gasteiger partial charge is 0.363 e. The summed E-state index contributed by atoms with van der Waals surface area (Å²) < 4.78 is 5.29. The second kappa shape index (κ2) is 5.60. The monoisotopic (exact) mass is 291 g/mol. The zero-order valence-electron chi connectivity index (χ0n) is 12.9. The molecule has 3 nitrogen and oxygen atoms in total. The maximum atomic E-state index is 12.0. The number of carbonyl (C=O) groups is 1. The number of cyclic esters (lactones) is 1. The Bertz CT molecular complexity index is 799. The maximum absolute atomic E-state index is 12.0. The van der Waals surface area contributed by atoms with Crippen molar-refractivity contribution in [1.82, 2.24) is 0 Å². The minimum absolute atomic E-state index is 0.331. The van der Waals surface area contributed by atoms with Crippen LogP contribution in [0.15, 0.2) is 53.2 Å². The van der Waals surface area contributed by atoms with Gasteiger partial charge in [-0.1, -0.05) is 35.9 Å². The molecule has 1 heterocycles. The number of hydrogen-bond acceptors (Lipinski definition) is 3. The summed E-state index contributed by atoms with van der Waals surface area (Å²) in [5.41, 5.74) is 5.61. The Morgan fingerprint density at radius 1 is 0.955 bits per heavy atom. The van der Waals surface area contributed by atoms with Crippen LogP contribution in [0.4, 0.5) is 0 Å². The molecule has 0 spiro atoms. The van der Waals surface area contributed by atoms with Gasteiger partial charge in [-0.25, -0.2) is 9.79 Å². The van der Waals surface area contributed by atoms with E-state index in [-0.39, 0.29) is 0 Å². The molecule has 0 aromatic heterocycles. The lowest BCUT2D eigenvalue weighted by molar-refractivity contribution is -0.129. The van der Waals surface area contributed by atoms with Crippen LogP contribution in [0.3, 0.4) is 0 Å². The summed E-state index contributed by atoms with van der Waals surface area (Å²) in [6, 6.07) is 13.8. The molecule has 0 N–H and O–H groups in total. The molecule has 0 fully saturated rings. The number of aliphatic imine (C=N–C) groups is 1. The van der Waals surface area contributed by atoms with Crippen LogP contribution in [0.25, 0.3) is 6.08 Å². The Morgan fingerprint density at radius 3 is 2.36 bits per heavy atom. The molecule has 2 aromatic carbocycles. The largest absolute Gasteiger partial charge is 0.402 e. The van der Waals surface area contributed by atoms with E-state index in [9.17, 15) is 4.79 Å². The average Bonchev–Trinajstić information content (AvgIpc) is 2.85. The fourth-order valence-corrected chi connectivity index (χ4v) is 2.23. The molecule has 22 heavy (non-hydrogen) atoms. The van der Waals surface area contributed by atoms with E-state index in [1.54, 1.807) is 6.08 Å². The van der Waals surface area contributed by atoms with Gasteiger partial charge in [-0.05, 0) is 55.7 Å². The highest BCUT2D eigenvalue weighted by atomic mass is 16.6. The van der Waals surface area contributed by atoms with E-state index in [0.717, 1.165) is 16.7 Å². The van der Waals surface area contributed by atoms with Gasteiger partial charge in [0, 0.05) is 5.56 Å².